The van der Waals surface area contributed by atoms with Gasteiger partial charge in [0.25, 0.3) is 0 Å². The second-order valence-corrected chi connectivity index (χ2v) is 5.16. The zero-order chi connectivity index (χ0) is 12.5. The number of hydrogen-bond donors (Lipinski definition) is 1. The first-order valence-corrected chi connectivity index (χ1v) is 6.50. The molecule has 0 aliphatic carbocycles. The lowest BCUT2D eigenvalue weighted by molar-refractivity contribution is 0.457. The molecule has 2 unspecified atom stereocenters. The minimum absolute atomic E-state index is 0.275. The number of nitrogens with zero attached hydrogens (tertiary/aromatic N) is 1. The summed E-state index contributed by atoms with van der Waals surface area (Å²) in [6, 6.07) is 13.7. The highest BCUT2D eigenvalue weighted by Crippen LogP contribution is 2.29. The van der Waals surface area contributed by atoms with E-state index in [0.717, 1.165) is 6.42 Å². The second kappa shape index (κ2) is 4.54. The maximum absolute atomic E-state index is 4.53. The summed E-state index contributed by atoms with van der Waals surface area (Å²) in [5.74, 6) is 0. The van der Waals surface area contributed by atoms with Gasteiger partial charge in [0.1, 0.15) is 0 Å². The third-order valence-electron chi connectivity index (χ3n) is 3.56. The average molecular weight is 238 g/mol. The SMILES string of the molecule is Cc1cccc(C2NC(C)Cc3ncccc32)c1. The lowest BCUT2D eigenvalue weighted by atomic mass is 9.90. The number of aromatic nitrogens is 1. The maximum Gasteiger partial charge on any atom is 0.0597 e. The molecule has 0 amide bonds. The van der Waals surface area contributed by atoms with Crippen LogP contribution >= 0.6 is 0 Å². The van der Waals surface area contributed by atoms with Gasteiger partial charge in [0.15, 0.2) is 0 Å². The van der Waals surface area contributed by atoms with E-state index in [1.54, 1.807) is 0 Å². The fraction of sp³-hybridized carbons (Fsp3) is 0.312. The number of nitrogens with one attached hydrogen (secondary N) is 1. The Hall–Kier alpha value is -1.67. The van der Waals surface area contributed by atoms with Crippen LogP contribution in [0, 0.1) is 6.92 Å². The highest BCUT2D eigenvalue weighted by atomic mass is 15.0. The van der Waals surface area contributed by atoms with Crippen LogP contribution in [-0.2, 0) is 6.42 Å². The van der Waals surface area contributed by atoms with Crippen molar-refractivity contribution in [3.8, 4) is 0 Å². The van der Waals surface area contributed by atoms with E-state index in [1.807, 2.05) is 12.3 Å². The molecule has 1 aliphatic heterocycles. The monoisotopic (exact) mass is 238 g/mol. The lowest BCUT2D eigenvalue weighted by Crippen LogP contribution is -2.38. The molecule has 0 spiro atoms. The molecule has 2 nitrogen and oxygen atoms in total. The van der Waals surface area contributed by atoms with Gasteiger partial charge in [0, 0.05) is 24.4 Å². The van der Waals surface area contributed by atoms with Crippen molar-refractivity contribution >= 4 is 0 Å². The molecular weight excluding hydrogens is 220 g/mol. The van der Waals surface area contributed by atoms with Crippen LogP contribution in [0.15, 0.2) is 42.6 Å². The van der Waals surface area contributed by atoms with Gasteiger partial charge in [-0.2, -0.15) is 0 Å². The van der Waals surface area contributed by atoms with Crippen LogP contribution < -0.4 is 5.32 Å². The highest BCUT2D eigenvalue weighted by molar-refractivity contribution is 5.38. The molecule has 0 radical (unpaired) electrons. The number of fused-ring (bicyclic) bond motifs is 1. The van der Waals surface area contributed by atoms with E-state index >= 15 is 0 Å². The normalized spacial score (nSPS) is 22.6. The molecule has 1 aromatic heterocycles. The molecule has 2 heteroatoms. The first-order chi connectivity index (χ1) is 8.74. The zero-order valence-corrected chi connectivity index (χ0v) is 10.9. The molecule has 0 bridgehead atoms. The number of rotatable bonds is 1. The van der Waals surface area contributed by atoms with E-state index in [2.05, 4.69) is 54.5 Å². The van der Waals surface area contributed by atoms with Crippen molar-refractivity contribution in [2.45, 2.75) is 32.4 Å². The van der Waals surface area contributed by atoms with E-state index in [4.69, 9.17) is 0 Å². The van der Waals surface area contributed by atoms with Gasteiger partial charge in [-0.25, -0.2) is 0 Å². The Balaban J connectivity index is 2.07. The number of aryl methyl sites for hydroxylation is 1. The van der Waals surface area contributed by atoms with E-state index in [-0.39, 0.29) is 6.04 Å². The van der Waals surface area contributed by atoms with Gasteiger partial charge in [0.2, 0.25) is 0 Å². The standard InChI is InChI=1S/C16H18N2/c1-11-5-3-6-13(9-11)16-14-7-4-8-17-15(14)10-12(2)18-16/h3-9,12,16,18H,10H2,1-2H3. The fourth-order valence-electron chi connectivity index (χ4n) is 2.73. The van der Waals surface area contributed by atoms with Gasteiger partial charge < -0.3 is 5.32 Å². The number of pyridine rings is 1. The van der Waals surface area contributed by atoms with E-state index in [1.165, 1.54) is 22.4 Å². The molecule has 2 atom stereocenters. The predicted molar refractivity (Wildman–Crippen MR) is 73.6 cm³/mol. The Morgan fingerprint density at radius 1 is 1.22 bits per heavy atom. The Bertz CT molecular complexity index is 563. The summed E-state index contributed by atoms with van der Waals surface area (Å²) >= 11 is 0. The molecule has 1 aliphatic rings. The zero-order valence-electron chi connectivity index (χ0n) is 10.9. The van der Waals surface area contributed by atoms with Crippen LogP contribution in [0.5, 0.6) is 0 Å². The summed E-state index contributed by atoms with van der Waals surface area (Å²) in [4.78, 5) is 4.53. The molecule has 92 valence electrons. The summed E-state index contributed by atoms with van der Waals surface area (Å²) < 4.78 is 0. The highest BCUT2D eigenvalue weighted by Gasteiger charge is 2.25. The van der Waals surface area contributed by atoms with Gasteiger partial charge in [0.05, 0.1) is 6.04 Å². The third kappa shape index (κ3) is 2.04. The van der Waals surface area contributed by atoms with E-state index < -0.39 is 0 Å². The summed E-state index contributed by atoms with van der Waals surface area (Å²) in [6.45, 7) is 4.36. The van der Waals surface area contributed by atoms with Crippen LogP contribution in [0.3, 0.4) is 0 Å². The van der Waals surface area contributed by atoms with Gasteiger partial charge in [-0.1, -0.05) is 35.9 Å². The molecule has 1 N–H and O–H groups in total. The first-order valence-electron chi connectivity index (χ1n) is 6.50. The summed E-state index contributed by atoms with van der Waals surface area (Å²) in [5, 5.41) is 3.68. The van der Waals surface area contributed by atoms with Gasteiger partial charge in [-0.15, -0.1) is 0 Å². The molecule has 0 saturated carbocycles. The van der Waals surface area contributed by atoms with Crippen molar-refractivity contribution in [3.05, 3.63) is 65.0 Å². The molecule has 0 fully saturated rings. The Morgan fingerprint density at radius 2 is 2.11 bits per heavy atom. The first kappa shape index (κ1) is 11.4. The quantitative estimate of drug-likeness (QED) is 0.826. The Morgan fingerprint density at radius 3 is 2.94 bits per heavy atom. The summed E-state index contributed by atoms with van der Waals surface area (Å²) in [5.41, 5.74) is 5.19. The molecule has 0 saturated heterocycles. The molecule has 2 aromatic rings. The molecular formula is C16H18N2. The smallest absolute Gasteiger partial charge is 0.0597 e. The van der Waals surface area contributed by atoms with Crippen molar-refractivity contribution in [2.24, 2.45) is 0 Å². The van der Waals surface area contributed by atoms with Crippen LogP contribution in [-0.4, -0.2) is 11.0 Å². The van der Waals surface area contributed by atoms with Crippen LogP contribution in [0.25, 0.3) is 0 Å². The Labute approximate surface area is 108 Å². The van der Waals surface area contributed by atoms with Crippen molar-refractivity contribution in [3.63, 3.8) is 0 Å². The van der Waals surface area contributed by atoms with Crippen LogP contribution in [0.1, 0.15) is 35.3 Å². The molecule has 1 aromatic carbocycles. The van der Waals surface area contributed by atoms with Gasteiger partial charge in [-0.05, 0) is 31.0 Å². The van der Waals surface area contributed by atoms with E-state index in [9.17, 15) is 0 Å². The topological polar surface area (TPSA) is 24.9 Å². The number of benzene rings is 1. The van der Waals surface area contributed by atoms with Crippen LogP contribution in [0.4, 0.5) is 0 Å². The van der Waals surface area contributed by atoms with Crippen LogP contribution in [0.2, 0.25) is 0 Å². The minimum atomic E-state index is 0.275. The summed E-state index contributed by atoms with van der Waals surface area (Å²) in [7, 11) is 0. The van der Waals surface area contributed by atoms with Crippen molar-refractivity contribution in [1.29, 1.82) is 0 Å². The second-order valence-electron chi connectivity index (χ2n) is 5.16. The van der Waals surface area contributed by atoms with Gasteiger partial charge in [-0.3, -0.25) is 4.98 Å². The predicted octanol–water partition coefficient (Wildman–Crippen LogP) is 3.01. The number of hydrogen-bond acceptors (Lipinski definition) is 2. The fourth-order valence-corrected chi connectivity index (χ4v) is 2.73. The van der Waals surface area contributed by atoms with E-state index in [0.29, 0.717) is 6.04 Å². The van der Waals surface area contributed by atoms with Crippen molar-refractivity contribution in [1.82, 2.24) is 10.3 Å². The van der Waals surface area contributed by atoms with Gasteiger partial charge >= 0.3 is 0 Å². The van der Waals surface area contributed by atoms with Crippen molar-refractivity contribution in [2.75, 3.05) is 0 Å². The minimum Gasteiger partial charge on any atom is -0.303 e. The maximum atomic E-state index is 4.53. The Kier molecular flexibility index (Phi) is 2.88. The third-order valence-corrected chi connectivity index (χ3v) is 3.56. The lowest BCUT2D eigenvalue weighted by Gasteiger charge is -2.31. The molecule has 2 heterocycles. The largest absolute Gasteiger partial charge is 0.303 e. The van der Waals surface area contributed by atoms with Crippen molar-refractivity contribution < 1.29 is 0 Å². The molecule has 18 heavy (non-hydrogen) atoms. The summed E-state index contributed by atoms with van der Waals surface area (Å²) in [6.07, 6.45) is 2.91. The average Bonchev–Trinajstić information content (AvgIpc) is 2.37. The molecule has 3 rings (SSSR count).